The van der Waals surface area contributed by atoms with E-state index in [2.05, 4.69) is 24.1 Å². The summed E-state index contributed by atoms with van der Waals surface area (Å²) in [5, 5.41) is 0. The zero-order valence-electron chi connectivity index (χ0n) is 11.9. The first-order chi connectivity index (χ1) is 8.63. The number of nitrogens with two attached hydrogens (primary N) is 1. The summed E-state index contributed by atoms with van der Waals surface area (Å²) >= 11 is 0. The van der Waals surface area contributed by atoms with E-state index in [4.69, 9.17) is 5.73 Å². The Balaban J connectivity index is 2.53. The molecule has 1 aliphatic carbocycles. The lowest BCUT2D eigenvalue weighted by molar-refractivity contribution is 0.403. The van der Waals surface area contributed by atoms with Gasteiger partial charge < -0.3 is 5.73 Å². The molecule has 0 amide bonds. The van der Waals surface area contributed by atoms with E-state index >= 15 is 0 Å². The summed E-state index contributed by atoms with van der Waals surface area (Å²) in [6, 6.07) is 0. The molecule has 0 radical (unpaired) electrons. The molecule has 0 aromatic heterocycles. The van der Waals surface area contributed by atoms with Crippen molar-refractivity contribution < 1.29 is 0 Å². The Kier molecular flexibility index (Phi) is 6.48. The molecule has 1 aliphatic rings. The number of nitrogens with zero attached hydrogens (tertiary/aromatic N) is 1. The standard InChI is InChI=1S/C16H26N2/c1-13(16-10-5-4-6-11-16)8-7-9-14(2)18-15(3)12-17/h7-9,12,16H,4-6,10-11,17H2,1-3H3/b9-7+,13-8+,15-12-,18-14-. The first-order valence-electron chi connectivity index (χ1n) is 6.92. The fraction of sp³-hybridized carbons (Fsp3) is 0.562. The second-order valence-electron chi connectivity index (χ2n) is 5.17. The fourth-order valence-electron chi connectivity index (χ4n) is 2.39. The van der Waals surface area contributed by atoms with Crippen LogP contribution in [-0.4, -0.2) is 5.71 Å². The highest BCUT2D eigenvalue weighted by Gasteiger charge is 2.13. The lowest BCUT2D eigenvalue weighted by Crippen LogP contribution is -2.06. The van der Waals surface area contributed by atoms with E-state index in [0.717, 1.165) is 17.3 Å². The molecule has 0 aliphatic heterocycles. The molecule has 2 nitrogen and oxygen atoms in total. The monoisotopic (exact) mass is 246 g/mol. The van der Waals surface area contributed by atoms with E-state index in [0.29, 0.717) is 0 Å². The number of hydrogen-bond acceptors (Lipinski definition) is 2. The van der Waals surface area contributed by atoms with Crippen molar-refractivity contribution in [3.05, 3.63) is 35.7 Å². The molecule has 1 fully saturated rings. The Morgan fingerprint density at radius 1 is 1.11 bits per heavy atom. The van der Waals surface area contributed by atoms with Gasteiger partial charge in [0.05, 0.1) is 5.70 Å². The van der Waals surface area contributed by atoms with E-state index < -0.39 is 0 Å². The largest absolute Gasteiger partial charge is 0.403 e. The van der Waals surface area contributed by atoms with Crippen LogP contribution < -0.4 is 5.73 Å². The Hall–Kier alpha value is -1.31. The van der Waals surface area contributed by atoms with Gasteiger partial charge in [0.15, 0.2) is 0 Å². The molecule has 0 aromatic rings. The van der Waals surface area contributed by atoms with Crippen LogP contribution in [0.3, 0.4) is 0 Å². The van der Waals surface area contributed by atoms with Crippen molar-refractivity contribution in [1.29, 1.82) is 0 Å². The zero-order chi connectivity index (χ0) is 13.4. The van der Waals surface area contributed by atoms with Crippen LogP contribution in [0.5, 0.6) is 0 Å². The Morgan fingerprint density at radius 2 is 1.78 bits per heavy atom. The number of rotatable bonds is 4. The third-order valence-electron chi connectivity index (χ3n) is 3.54. The maximum Gasteiger partial charge on any atom is 0.0530 e. The van der Waals surface area contributed by atoms with Crippen LogP contribution in [0.25, 0.3) is 0 Å². The predicted octanol–water partition coefficient (Wildman–Crippen LogP) is 4.35. The zero-order valence-corrected chi connectivity index (χ0v) is 11.9. The number of allylic oxidation sites excluding steroid dienone is 5. The van der Waals surface area contributed by atoms with Crippen molar-refractivity contribution in [2.75, 3.05) is 0 Å². The van der Waals surface area contributed by atoms with Crippen molar-refractivity contribution in [2.24, 2.45) is 16.6 Å². The van der Waals surface area contributed by atoms with E-state index in [1.54, 1.807) is 0 Å². The maximum atomic E-state index is 5.39. The summed E-state index contributed by atoms with van der Waals surface area (Å²) in [5.41, 5.74) is 8.73. The molecule has 0 saturated heterocycles. The van der Waals surface area contributed by atoms with Crippen molar-refractivity contribution in [3.8, 4) is 0 Å². The van der Waals surface area contributed by atoms with Crippen molar-refractivity contribution in [2.45, 2.75) is 52.9 Å². The highest BCUT2D eigenvalue weighted by atomic mass is 14.8. The van der Waals surface area contributed by atoms with Crippen LogP contribution >= 0.6 is 0 Å². The van der Waals surface area contributed by atoms with Gasteiger partial charge in [0.2, 0.25) is 0 Å². The normalized spacial score (nSPS) is 20.7. The molecule has 1 rings (SSSR count). The van der Waals surface area contributed by atoms with Crippen molar-refractivity contribution >= 4 is 5.71 Å². The Bertz CT molecular complexity index is 367. The van der Waals surface area contributed by atoms with Crippen LogP contribution in [-0.2, 0) is 0 Å². The first-order valence-corrected chi connectivity index (χ1v) is 6.92. The van der Waals surface area contributed by atoms with Gasteiger partial charge >= 0.3 is 0 Å². The summed E-state index contributed by atoms with van der Waals surface area (Å²) in [6.07, 6.45) is 14.8. The predicted molar refractivity (Wildman–Crippen MR) is 80.5 cm³/mol. The quantitative estimate of drug-likeness (QED) is 0.581. The average molecular weight is 246 g/mol. The van der Waals surface area contributed by atoms with Gasteiger partial charge in [-0.15, -0.1) is 0 Å². The van der Waals surface area contributed by atoms with Gasteiger partial charge in [0.1, 0.15) is 0 Å². The van der Waals surface area contributed by atoms with E-state index in [-0.39, 0.29) is 0 Å². The van der Waals surface area contributed by atoms with Gasteiger partial charge in [-0.25, -0.2) is 0 Å². The minimum Gasteiger partial charge on any atom is -0.403 e. The second-order valence-corrected chi connectivity index (χ2v) is 5.17. The molecule has 0 unspecified atom stereocenters. The van der Waals surface area contributed by atoms with Gasteiger partial charge in [-0.05, 0) is 45.6 Å². The minimum absolute atomic E-state index is 0.798. The van der Waals surface area contributed by atoms with Gasteiger partial charge in [-0.1, -0.05) is 37.0 Å². The number of hydrogen-bond donors (Lipinski definition) is 1. The van der Waals surface area contributed by atoms with Crippen LogP contribution in [0.1, 0.15) is 52.9 Å². The molecule has 100 valence electrons. The first kappa shape index (κ1) is 14.7. The topological polar surface area (TPSA) is 38.4 Å². The molecule has 0 heterocycles. The van der Waals surface area contributed by atoms with Gasteiger partial charge in [0, 0.05) is 11.9 Å². The van der Waals surface area contributed by atoms with Crippen molar-refractivity contribution in [3.63, 3.8) is 0 Å². The summed E-state index contributed by atoms with van der Waals surface area (Å²) in [5.74, 6) is 0.798. The summed E-state index contributed by atoms with van der Waals surface area (Å²) < 4.78 is 0. The Labute approximate surface area is 111 Å². The lowest BCUT2D eigenvalue weighted by atomic mass is 9.84. The lowest BCUT2D eigenvalue weighted by Gasteiger charge is -2.22. The van der Waals surface area contributed by atoms with Crippen LogP contribution in [0.2, 0.25) is 0 Å². The minimum atomic E-state index is 0.798. The molecule has 0 bridgehead atoms. The molecule has 18 heavy (non-hydrogen) atoms. The van der Waals surface area contributed by atoms with E-state index in [1.807, 2.05) is 19.9 Å². The summed E-state index contributed by atoms with van der Waals surface area (Å²) in [7, 11) is 0. The molecule has 0 atom stereocenters. The smallest absolute Gasteiger partial charge is 0.0530 e. The highest BCUT2D eigenvalue weighted by Crippen LogP contribution is 2.29. The molecule has 0 spiro atoms. The molecule has 1 saturated carbocycles. The van der Waals surface area contributed by atoms with Crippen LogP contribution in [0, 0.1) is 5.92 Å². The van der Waals surface area contributed by atoms with Gasteiger partial charge in [-0.3, -0.25) is 4.99 Å². The fourth-order valence-corrected chi connectivity index (χ4v) is 2.39. The highest BCUT2D eigenvalue weighted by molar-refractivity contribution is 5.93. The van der Waals surface area contributed by atoms with Crippen molar-refractivity contribution in [1.82, 2.24) is 0 Å². The van der Waals surface area contributed by atoms with E-state index in [9.17, 15) is 0 Å². The van der Waals surface area contributed by atoms with E-state index in [1.165, 1.54) is 43.9 Å². The molecule has 2 N–H and O–H groups in total. The molecular formula is C16H26N2. The average Bonchev–Trinajstić information content (AvgIpc) is 2.39. The Morgan fingerprint density at radius 3 is 2.39 bits per heavy atom. The molecule has 0 aromatic carbocycles. The van der Waals surface area contributed by atoms with Crippen LogP contribution in [0.15, 0.2) is 40.7 Å². The van der Waals surface area contributed by atoms with Gasteiger partial charge in [0.25, 0.3) is 0 Å². The maximum absolute atomic E-state index is 5.39. The SMILES string of the molecule is CC(=C/N)/N=C(C)\C=C\C=C(/C)C1CCCCC1. The summed E-state index contributed by atoms with van der Waals surface area (Å²) in [4.78, 5) is 4.34. The molecule has 2 heteroatoms. The third-order valence-corrected chi connectivity index (χ3v) is 3.54. The number of aliphatic imine (C=N–C) groups is 1. The molecular weight excluding hydrogens is 220 g/mol. The summed E-state index contributed by atoms with van der Waals surface area (Å²) in [6.45, 7) is 6.14. The third kappa shape index (κ3) is 5.35. The van der Waals surface area contributed by atoms with Gasteiger partial charge in [-0.2, -0.15) is 0 Å². The van der Waals surface area contributed by atoms with Crippen LogP contribution in [0.4, 0.5) is 0 Å². The second kappa shape index (κ2) is 7.91.